The molecule has 7 heteroatoms. The fraction of sp³-hybridized carbons (Fsp3) is 0.286. The molecule has 3 N–H and O–H groups in total. The summed E-state index contributed by atoms with van der Waals surface area (Å²) in [4.78, 5) is 37.9. The molecule has 0 saturated carbocycles. The molecule has 0 aromatic heterocycles. The van der Waals surface area contributed by atoms with Crippen molar-refractivity contribution < 1.29 is 19.5 Å². The van der Waals surface area contributed by atoms with Crippen LogP contribution in [0.2, 0.25) is 0 Å². The Labute approximate surface area is 163 Å². The van der Waals surface area contributed by atoms with Gasteiger partial charge in [0.1, 0.15) is 5.75 Å². The molecule has 1 aliphatic rings. The highest BCUT2D eigenvalue weighted by molar-refractivity contribution is 5.97. The predicted octanol–water partition coefficient (Wildman–Crippen LogP) is 2.39. The average Bonchev–Trinajstić information content (AvgIpc) is 2.68. The monoisotopic (exact) mass is 381 g/mol. The lowest BCUT2D eigenvalue weighted by Crippen LogP contribution is -2.46. The van der Waals surface area contributed by atoms with E-state index in [1.165, 1.54) is 19.1 Å². The second-order valence-electron chi connectivity index (χ2n) is 6.85. The summed E-state index contributed by atoms with van der Waals surface area (Å²) >= 11 is 0. The van der Waals surface area contributed by atoms with Crippen molar-refractivity contribution >= 4 is 23.4 Å². The highest BCUT2D eigenvalue weighted by Crippen LogP contribution is 2.18. The van der Waals surface area contributed by atoms with Gasteiger partial charge in [0.15, 0.2) is 0 Å². The molecule has 1 aliphatic heterocycles. The van der Waals surface area contributed by atoms with Crippen molar-refractivity contribution in [1.82, 2.24) is 10.2 Å². The van der Waals surface area contributed by atoms with Gasteiger partial charge in [-0.2, -0.15) is 0 Å². The number of hydrogen-bond donors (Lipinski definition) is 3. The van der Waals surface area contributed by atoms with Crippen molar-refractivity contribution in [2.24, 2.45) is 0 Å². The van der Waals surface area contributed by atoms with Gasteiger partial charge in [-0.3, -0.25) is 14.4 Å². The Kier molecular flexibility index (Phi) is 5.93. The summed E-state index contributed by atoms with van der Waals surface area (Å²) in [7, 11) is 0. The molecule has 7 nitrogen and oxygen atoms in total. The van der Waals surface area contributed by atoms with Crippen LogP contribution in [0.5, 0.6) is 5.75 Å². The largest absolute Gasteiger partial charge is 0.508 e. The number of amides is 3. The Morgan fingerprint density at radius 3 is 2.36 bits per heavy atom. The number of phenols is 1. The number of aromatic hydroxyl groups is 1. The van der Waals surface area contributed by atoms with E-state index >= 15 is 0 Å². The van der Waals surface area contributed by atoms with Gasteiger partial charge in [0, 0.05) is 42.9 Å². The summed E-state index contributed by atoms with van der Waals surface area (Å²) in [6.07, 6.45) is 1.31. The summed E-state index contributed by atoms with van der Waals surface area (Å²) in [5, 5.41) is 15.2. The first-order chi connectivity index (χ1) is 13.4. The van der Waals surface area contributed by atoms with E-state index in [-0.39, 0.29) is 29.5 Å². The number of likely N-dealkylation sites (tertiary alicyclic amines) is 1. The zero-order valence-corrected chi connectivity index (χ0v) is 15.6. The first kappa shape index (κ1) is 19.4. The van der Waals surface area contributed by atoms with Crippen LogP contribution >= 0.6 is 0 Å². The minimum Gasteiger partial charge on any atom is -0.508 e. The maximum Gasteiger partial charge on any atom is 0.253 e. The van der Waals surface area contributed by atoms with Gasteiger partial charge < -0.3 is 20.6 Å². The lowest BCUT2D eigenvalue weighted by molar-refractivity contribution is -0.114. The third kappa shape index (κ3) is 4.88. The third-order valence-electron chi connectivity index (χ3n) is 4.66. The topological polar surface area (TPSA) is 98.7 Å². The minimum atomic E-state index is -0.204. The molecule has 0 spiro atoms. The van der Waals surface area contributed by atoms with E-state index in [9.17, 15) is 19.5 Å². The molecule has 0 aliphatic carbocycles. The predicted molar refractivity (Wildman–Crippen MR) is 105 cm³/mol. The van der Waals surface area contributed by atoms with Gasteiger partial charge >= 0.3 is 0 Å². The van der Waals surface area contributed by atoms with Gasteiger partial charge in [-0.1, -0.05) is 12.1 Å². The number of rotatable bonds is 4. The lowest BCUT2D eigenvalue weighted by Gasteiger charge is -2.32. The normalized spacial score (nSPS) is 14.4. The van der Waals surface area contributed by atoms with Crippen LogP contribution < -0.4 is 10.6 Å². The first-order valence-electron chi connectivity index (χ1n) is 9.19. The van der Waals surface area contributed by atoms with Gasteiger partial charge in [-0.25, -0.2) is 0 Å². The third-order valence-corrected chi connectivity index (χ3v) is 4.66. The van der Waals surface area contributed by atoms with Crippen LogP contribution in [0.1, 0.15) is 40.5 Å². The summed E-state index contributed by atoms with van der Waals surface area (Å²) in [6.45, 7) is 2.48. The van der Waals surface area contributed by atoms with E-state index in [0.29, 0.717) is 42.7 Å². The first-order valence-corrected chi connectivity index (χ1v) is 9.19. The Balaban J connectivity index is 1.55. The Morgan fingerprint density at radius 1 is 1.00 bits per heavy atom. The highest BCUT2D eigenvalue weighted by atomic mass is 16.3. The van der Waals surface area contributed by atoms with Crippen LogP contribution in [0.15, 0.2) is 48.5 Å². The van der Waals surface area contributed by atoms with Crippen molar-refractivity contribution in [3.05, 3.63) is 59.7 Å². The van der Waals surface area contributed by atoms with Crippen molar-refractivity contribution in [2.75, 3.05) is 18.4 Å². The van der Waals surface area contributed by atoms with E-state index in [1.807, 2.05) is 0 Å². The molecule has 0 unspecified atom stereocenters. The molecule has 2 aromatic carbocycles. The van der Waals surface area contributed by atoms with Gasteiger partial charge in [-0.05, 0) is 49.2 Å². The molecule has 1 heterocycles. The van der Waals surface area contributed by atoms with Gasteiger partial charge in [0.2, 0.25) is 5.91 Å². The number of nitrogens with one attached hydrogen (secondary N) is 2. The fourth-order valence-corrected chi connectivity index (χ4v) is 3.26. The molecule has 3 rings (SSSR count). The summed E-state index contributed by atoms with van der Waals surface area (Å²) < 4.78 is 0. The van der Waals surface area contributed by atoms with Crippen LogP contribution in [0.4, 0.5) is 5.69 Å². The molecule has 3 amide bonds. The van der Waals surface area contributed by atoms with Crippen molar-refractivity contribution in [1.29, 1.82) is 0 Å². The molecule has 1 saturated heterocycles. The molecule has 146 valence electrons. The quantitative estimate of drug-likeness (QED) is 0.757. The Hall–Kier alpha value is -3.35. The standard InChI is InChI=1S/C21H23N3O4/c1-14(25)22-18-6-2-4-15(12-18)20(27)23-17-8-10-24(11-9-17)21(28)16-5-3-7-19(26)13-16/h2-7,12-13,17,26H,8-11H2,1H3,(H,22,25)(H,23,27). The number of hydrogen-bond acceptors (Lipinski definition) is 4. The van der Waals surface area contributed by atoms with Crippen LogP contribution in [0.25, 0.3) is 0 Å². The number of piperidine rings is 1. The summed E-state index contributed by atoms with van der Waals surface area (Å²) in [5.41, 5.74) is 1.51. The molecule has 28 heavy (non-hydrogen) atoms. The maximum atomic E-state index is 12.5. The second kappa shape index (κ2) is 8.56. The number of phenolic OH excluding ortho intramolecular Hbond substituents is 1. The molecular weight excluding hydrogens is 358 g/mol. The molecule has 0 bridgehead atoms. The lowest BCUT2D eigenvalue weighted by atomic mass is 10.0. The number of nitrogens with zero attached hydrogens (tertiary/aromatic N) is 1. The SMILES string of the molecule is CC(=O)Nc1cccc(C(=O)NC2CCN(C(=O)c3cccc(O)c3)CC2)c1. The number of anilines is 1. The van der Waals surface area contributed by atoms with Gasteiger partial charge in [0.25, 0.3) is 11.8 Å². The van der Waals surface area contributed by atoms with Gasteiger partial charge in [0.05, 0.1) is 0 Å². The van der Waals surface area contributed by atoms with Crippen LogP contribution in [-0.2, 0) is 4.79 Å². The number of carbonyl (C=O) groups is 3. The molecule has 1 fully saturated rings. The van der Waals surface area contributed by atoms with E-state index in [1.54, 1.807) is 41.3 Å². The minimum absolute atomic E-state index is 0.0230. The number of carbonyl (C=O) groups excluding carboxylic acids is 3. The highest BCUT2D eigenvalue weighted by Gasteiger charge is 2.25. The van der Waals surface area contributed by atoms with E-state index in [2.05, 4.69) is 10.6 Å². The zero-order valence-electron chi connectivity index (χ0n) is 15.6. The number of benzene rings is 2. The van der Waals surface area contributed by atoms with Crippen molar-refractivity contribution in [3.63, 3.8) is 0 Å². The second-order valence-corrected chi connectivity index (χ2v) is 6.85. The molecule has 0 atom stereocenters. The van der Waals surface area contributed by atoms with Crippen molar-refractivity contribution in [3.8, 4) is 5.75 Å². The fourth-order valence-electron chi connectivity index (χ4n) is 3.26. The van der Waals surface area contributed by atoms with Crippen molar-refractivity contribution in [2.45, 2.75) is 25.8 Å². The molecule has 2 aromatic rings. The Bertz CT molecular complexity index is 889. The molecule has 0 radical (unpaired) electrons. The molecular formula is C21H23N3O4. The van der Waals surface area contributed by atoms with Gasteiger partial charge in [-0.15, -0.1) is 0 Å². The van der Waals surface area contributed by atoms with Crippen LogP contribution in [0, 0.1) is 0 Å². The summed E-state index contributed by atoms with van der Waals surface area (Å²) in [5.74, 6) is -0.454. The van der Waals surface area contributed by atoms with Crippen LogP contribution in [0.3, 0.4) is 0 Å². The summed E-state index contributed by atoms with van der Waals surface area (Å²) in [6, 6.07) is 13.1. The van der Waals surface area contributed by atoms with E-state index in [4.69, 9.17) is 0 Å². The smallest absolute Gasteiger partial charge is 0.253 e. The van der Waals surface area contributed by atoms with E-state index in [0.717, 1.165) is 0 Å². The maximum absolute atomic E-state index is 12.5. The Morgan fingerprint density at radius 2 is 1.68 bits per heavy atom. The average molecular weight is 381 g/mol. The van der Waals surface area contributed by atoms with Crippen LogP contribution in [-0.4, -0.2) is 46.9 Å². The zero-order chi connectivity index (χ0) is 20.1. The van der Waals surface area contributed by atoms with E-state index < -0.39 is 0 Å².